The van der Waals surface area contributed by atoms with Crippen molar-refractivity contribution in [1.29, 1.82) is 0 Å². The summed E-state index contributed by atoms with van der Waals surface area (Å²) in [5, 5.41) is 3.66. The van der Waals surface area contributed by atoms with Crippen LogP contribution in [0.15, 0.2) is 0 Å². The van der Waals surface area contributed by atoms with E-state index >= 15 is 0 Å². The number of carbonyl (C=O) groups excluding carboxylic acids is 2. The highest BCUT2D eigenvalue weighted by Gasteiger charge is 2.40. The van der Waals surface area contributed by atoms with Crippen molar-refractivity contribution in [3.05, 3.63) is 0 Å². The molecule has 0 radical (unpaired) electrons. The second-order valence-corrected chi connectivity index (χ2v) is 7.57. The van der Waals surface area contributed by atoms with E-state index in [-0.39, 0.29) is 11.9 Å². The summed E-state index contributed by atoms with van der Waals surface area (Å²) < 4.78 is 5.05. The molecule has 1 aliphatic carbocycles. The molecule has 0 aromatic rings. The number of ether oxygens (including phenoxy) is 1. The van der Waals surface area contributed by atoms with Crippen molar-refractivity contribution in [3.8, 4) is 0 Å². The standard InChI is InChI=1S/C15H27NO3S/c1-6-19-14(18)12(15(2,3)4)13(17)16-10-7-8-11(9-10)20-5/h10-12H,6-9H2,1-5H3,(H,16,17). The number of nitrogens with one attached hydrogen (secondary N) is 1. The molecular formula is C15H27NO3S. The fourth-order valence-electron chi connectivity index (χ4n) is 2.65. The number of amides is 1. The molecule has 20 heavy (non-hydrogen) atoms. The molecule has 1 amide bonds. The first-order chi connectivity index (χ1) is 9.29. The Kier molecular flexibility index (Phi) is 6.37. The van der Waals surface area contributed by atoms with Crippen molar-refractivity contribution in [3.63, 3.8) is 0 Å². The van der Waals surface area contributed by atoms with Crippen molar-refractivity contribution in [1.82, 2.24) is 5.32 Å². The molecule has 5 heteroatoms. The van der Waals surface area contributed by atoms with E-state index in [2.05, 4.69) is 11.6 Å². The number of hydrogen-bond donors (Lipinski definition) is 1. The van der Waals surface area contributed by atoms with E-state index in [0.29, 0.717) is 11.9 Å². The largest absolute Gasteiger partial charge is 0.465 e. The third kappa shape index (κ3) is 4.69. The maximum absolute atomic E-state index is 12.4. The van der Waals surface area contributed by atoms with E-state index in [0.717, 1.165) is 19.3 Å². The van der Waals surface area contributed by atoms with Gasteiger partial charge in [-0.15, -0.1) is 0 Å². The van der Waals surface area contributed by atoms with Crippen molar-refractivity contribution < 1.29 is 14.3 Å². The van der Waals surface area contributed by atoms with Crippen molar-refractivity contribution in [2.45, 2.75) is 58.2 Å². The smallest absolute Gasteiger partial charge is 0.319 e. The molecule has 1 aliphatic rings. The lowest BCUT2D eigenvalue weighted by molar-refractivity contribution is -0.156. The Balaban J connectivity index is 2.67. The van der Waals surface area contributed by atoms with Gasteiger partial charge in [-0.25, -0.2) is 0 Å². The van der Waals surface area contributed by atoms with E-state index in [4.69, 9.17) is 4.74 Å². The van der Waals surface area contributed by atoms with Gasteiger partial charge in [0.1, 0.15) is 5.92 Å². The summed E-state index contributed by atoms with van der Waals surface area (Å²) in [5.74, 6) is -1.35. The van der Waals surface area contributed by atoms with Gasteiger partial charge in [0.15, 0.2) is 0 Å². The number of rotatable bonds is 5. The molecule has 1 saturated carbocycles. The number of hydrogen-bond acceptors (Lipinski definition) is 4. The van der Waals surface area contributed by atoms with Gasteiger partial charge in [0.2, 0.25) is 5.91 Å². The zero-order valence-electron chi connectivity index (χ0n) is 13.2. The second kappa shape index (κ2) is 7.34. The van der Waals surface area contributed by atoms with Gasteiger partial charge in [-0.3, -0.25) is 9.59 Å². The molecule has 0 saturated heterocycles. The van der Waals surface area contributed by atoms with Crippen LogP contribution in [0, 0.1) is 11.3 Å². The molecule has 1 rings (SSSR count). The number of carbonyl (C=O) groups is 2. The van der Waals surface area contributed by atoms with Crippen LogP contribution in [0.1, 0.15) is 47.0 Å². The summed E-state index contributed by atoms with van der Waals surface area (Å²) >= 11 is 1.85. The zero-order chi connectivity index (χ0) is 15.3. The Morgan fingerprint density at radius 2 is 2.00 bits per heavy atom. The molecule has 1 fully saturated rings. The summed E-state index contributed by atoms with van der Waals surface area (Å²) in [5.41, 5.74) is -0.437. The van der Waals surface area contributed by atoms with Crippen LogP contribution >= 0.6 is 11.8 Å². The number of thioether (sulfide) groups is 1. The fraction of sp³-hybridized carbons (Fsp3) is 0.867. The molecule has 3 atom stereocenters. The van der Waals surface area contributed by atoms with Crippen LogP contribution in [-0.2, 0) is 14.3 Å². The lowest BCUT2D eigenvalue weighted by atomic mass is 9.80. The molecule has 0 spiro atoms. The van der Waals surface area contributed by atoms with Crippen molar-refractivity contribution >= 4 is 23.6 Å². The molecule has 0 aliphatic heterocycles. The summed E-state index contributed by atoms with van der Waals surface area (Å²) in [6.07, 6.45) is 5.22. The summed E-state index contributed by atoms with van der Waals surface area (Å²) in [6, 6.07) is 0.194. The predicted molar refractivity (Wildman–Crippen MR) is 82.7 cm³/mol. The van der Waals surface area contributed by atoms with Crippen LogP contribution < -0.4 is 5.32 Å². The van der Waals surface area contributed by atoms with Gasteiger partial charge in [0, 0.05) is 11.3 Å². The normalized spacial score (nSPS) is 24.2. The summed E-state index contributed by atoms with van der Waals surface area (Å²) in [6.45, 7) is 7.75. The summed E-state index contributed by atoms with van der Waals surface area (Å²) in [4.78, 5) is 24.5. The minimum atomic E-state index is -0.740. The third-order valence-electron chi connectivity index (χ3n) is 3.71. The predicted octanol–water partition coefficient (Wildman–Crippen LogP) is 2.61. The molecule has 1 N–H and O–H groups in total. The minimum absolute atomic E-state index is 0.192. The maximum Gasteiger partial charge on any atom is 0.319 e. The Hall–Kier alpha value is -0.710. The monoisotopic (exact) mass is 301 g/mol. The van der Waals surface area contributed by atoms with Crippen LogP contribution in [0.2, 0.25) is 0 Å². The first kappa shape index (κ1) is 17.3. The first-order valence-corrected chi connectivity index (χ1v) is 8.58. The average molecular weight is 301 g/mol. The Morgan fingerprint density at radius 3 is 2.45 bits per heavy atom. The highest BCUT2D eigenvalue weighted by atomic mass is 32.2. The van der Waals surface area contributed by atoms with Crippen molar-refractivity contribution in [2.24, 2.45) is 11.3 Å². The van der Waals surface area contributed by atoms with Crippen LogP contribution in [-0.4, -0.2) is 36.0 Å². The molecule has 0 heterocycles. The fourth-order valence-corrected chi connectivity index (χ4v) is 3.45. The topological polar surface area (TPSA) is 55.4 Å². The van der Waals surface area contributed by atoms with Gasteiger partial charge in [0.25, 0.3) is 0 Å². The Labute approximate surface area is 126 Å². The van der Waals surface area contributed by atoms with Gasteiger partial charge in [-0.1, -0.05) is 20.8 Å². The quantitative estimate of drug-likeness (QED) is 0.626. The Bertz CT molecular complexity index is 352. The SMILES string of the molecule is CCOC(=O)C(C(=O)NC1CCC(SC)C1)C(C)(C)C. The molecular weight excluding hydrogens is 274 g/mol. The minimum Gasteiger partial charge on any atom is -0.465 e. The van der Waals surface area contributed by atoms with Crippen LogP contribution in [0.3, 0.4) is 0 Å². The highest BCUT2D eigenvalue weighted by Crippen LogP contribution is 2.31. The van der Waals surface area contributed by atoms with Crippen molar-refractivity contribution in [2.75, 3.05) is 12.9 Å². The molecule has 0 aromatic heterocycles. The van der Waals surface area contributed by atoms with E-state index in [1.807, 2.05) is 32.5 Å². The molecule has 0 bridgehead atoms. The van der Waals surface area contributed by atoms with Gasteiger partial charge in [0.05, 0.1) is 6.61 Å². The highest BCUT2D eigenvalue weighted by molar-refractivity contribution is 7.99. The second-order valence-electron chi connectivity index (χ2n) is 6.43. The van der Waals surface area contributed by atoms with E-state index in [9.17, 15) is 9.59 Å². The van der Waals surface area contributed by atoms with Gasteiger partial charge >= 0.3 is 5.97 Å². The average Bonchev–Trinajstić information content (AvgIpc) is 2.75. The van der Waals surface area contributed by atoms with Gasteiger partial charge in [-0.05, 0) is 37.9 Å². The number of esters is 1. The lowest BCUT2D eigenvalue weighted by Crippen LogP contribution is -2.46. The van der Waals surface area contributed by atoms with Crippen LogP contribution in [0.4, 0.5) is 0 Å². The first-order valence-electron chi connectivity index (χ1n) is 7.29. The third-order valence-corrected chi connectivity index (χ3v) is 4.81. The molecule has 4 nitrogen and oxygen atoms in total. The molecule has 0 aromatic carbocycles. The molecule has 116 valence electrons. The summed E-state index contributed by atoms with van der Waals surface area (Å²) in [7, 11) is 0. The van der Waals surface area contributed by atoms with Crippen LogP contribution in [0.25, 0.3) is 0 Å². The molecule has 3 unspecified atom stereocenters. The Morgan fingerprint density at radius 1 is 1.35 bits per heavy atom. The lowest BCUT2D eigenvalue weighted by Gasteiger charge is -2.28. The van der Waals surface area contributed by atoms with E-state index in [1.165, 1.54) is 0 Å². The zero-order valence-corrected chi connectivity index (χ0v) is 14.0. The van der Waals surface area contributed by atoms with E-state index in [1.54, 1.807) is 6.92 Å². The van der Waals surface area contributed by atoms with Gasteiger partial charge in [-0.2, -0.15) is 11.8 Å². The van der Waals surface area contributed by atoms with E-state index < -0.39 is 17.3 Å². The van der Waals surface area contributed by atoms with Gasteiger partial charge < -0.3 is 10.1 Å². The van der Waals surface area contributed by atoms with Crippen LogP contribution in [0.5, 0.6) is 0 Å². The maximum atomic E-state index is 12.4.